The molecule has 0 bridgehead atoms. The van der Waals surface area contributed by atoms with Crippen molar-refractivity contribution < 1.29 is 9.59 Å². The number of nitrogens with zero attached hydrogens (tertiary/aromatic N) is 1. The lowest BCUT2D eigenvalue weighted by atomic mass is 10.1. The van der Waals surface area contributed by atoms with Crippen molar-refractivity contribution in [2.24, 2.45) is 5.10 Å². The lowest BCUT2D eigenvalue weighted by Crippen LogP contribution is -2.32. The largest absolute Gasteiger partial charge is 0.329 e. The Labute approximate surface area is 148 Å². The van der Waals surface area contributed by atoms with Gasteiger partial charge >= 0.3 is 11.8 Å². The summed E-state index contributed by atoms with van der Waals surface area (Å²) in [6.45, 7) is 4.14. The van der Waals surface area contributed by atoms with Crippen LogP contribution in [0.2, 0.25) is 0 Å². The van der Waals surface area contributed by atoms with Crippen molar-refractivity contribution in [3.63, 3.8) is 0 Å². The molecular weight excluding hydrogens is 314 g/mol. The molecule has 2 rings (SSSR count). The molecule has 130 valence electrons. The summed E-state index contributed by atoms with van der Waals surface area (Å²) in [5.74, 6) is -1.55. The normalized spacial score (nSPS) is 10.6. The topological polar surface area (TPSA) is 70.6 Å². The van der Waals surface area contributed by atoms with E-state index in [4.69, 9.17) is 0 Å². The van der Waals surface area contributed by atoms with Crippen LogP contribution < -0.4 is 10.7 Å². The van der Waals surface area contributed by atoms with E-state index in [-0.39, 0.29) is 0 Å². The van der Waals surface area contributed by atoms with Gasteiger partial charge in [0.15, 0.2) is 0 Å². The summed E-state index contributed by atoms with van der Waals surface area (Å²) in [6, 6.07) is 15.2. The number of rotatable bonds is 6. The minimum absolute atomic E-state index is 0.586. The molecule has 0 heterocycles. The quantitative estimate of drug-likeness (QED) is 0.482. The number of carbonyl (C=O) groups is 2. The van der Waals surface area contributed by atoms with Gasteiger partial charge in [0.25, 0.3) is 0 Å². The van der Waals surface area contributed by atoms with E-state index in [1.807, 2.05) is 43.3 Å². The number of anilines is 1. The fraction of sp³-hybridized carbons (Fsp3) is 0.250. The first-order chi connectivity index (χ1) is 12.1. The smallest absolute Gasteiger partial charge is 0.318 e. The lowest BCUT2D eigenvalue weighted by molar-refractivity contribution is -0.136. The maximum absolute atomic E-state index is 11.9. The Bertz CT molecular complexity index is 735. The number of aryl methyl sites for hydroxylation is 2. The average molecular weight is 337 g/mol. The molecule has 5 nitrogen and oxygen atoms in total. The van der Waals surface area contributed by atoms with Gasteiger partial charge in [-0.3, -0.25) is 9.59 Å². The number of unbranched alkanes of at least 4 members (excludes halogenated alkanes) is 1. The summed E-state index contributed by atoms with van der Waals surface area (Å²) in [6.07, 6.45) is 4.78. The predicted octanol–water partition coefficient (Wildman–Crippen LogP) is 3.43. The van der Waals surface area contributed by atoms with E-state index in [0.29, 0.717) is 5.69 Å². The van der Waals surface area contributed by atoms with Gasteiger partial charge in [-0.15, -0.1) is 0 Å². The van der Waals surface area contributed by atoms with Gasteiger partial charge < -0.3 is 5.32 Å². The first-order valence-corrected chi connectivity index (χ1v) is 8.38. The Hall–Kier alpha value is -2.95. The molecule has 0 saturated heterocycles. The highest BCUT2D eigenvalue weighted by Gasteiger charge is 2.12. The molecule has 0 aliphatic heterocycles. The number of amides is 2. The third kappa shape index (κ3) is 6.22. The van der Waals surface area contributed by atoms with Gasteiger partial charge in [0.2, 0.25) is 0 Å². The van der Waals surface area contributed by atoms with E-state index in [9.17, 15) is 9.59 Å². The molecule has 0 unspecified atom stereocenters. The van der Waals surface area contributed by atoms with Gasteiger partial charge in [-0.2, -0.15) is 5.10 Å². The first-order valence-electron chi connectivity index (χ1n) is 8.38. The molecule has 2 aromatic carbocycles. The second-order valence-electron chi connectivity index (χ2n) is 5.86. The van der Waals surface area contributed by atoms with E-state index >= 15 is 0 Å². The Balaban J connectivity index is 1.83. The molecule has 0 aromatic heterocycles. The van der Waals surface area contributed by atoms with Crippen LogP contribution in [0, 0.1) is 6.92 Å². The Kier molecular flexibility index (Phi) is 6.89. The van der Waals surface area contributed by atoms with Crippen LogP contribution in [0.25, 0.3) is 0 Å². The van der Waals surface area contributed by atoms with Crippen LogP contribution in [0.1, 0.15) is 36.5 Å². The van der Waals surface area contributed by atoms with E-state index in [1.54, 1.807) is 12.1 Å². The SMILES string of the molecule is CCCCc1ccc(NC(=O)C(=O)N/N=C/c2ccc(C)cc2)cc1. The third-order valence-corrected chi connectivity index (χ3v) is 3.69. The summed E-state index contributed by atoms with van der Waals surface area (Å²) in [4.78, 5) is 23.6. The third-order valence-electron chi connectivity index (χ3n) is 3.69. The summed E-state index contributed by atoms with van der Waals surface area (Å²) < 4.78 is 0. The van der Waals surface area contributed by atoms with Gasteiger partial charge in [-0.1, -0.05) is 55.3 Å². The molecule has 0 atom stereocenters. The van der Waals surface area contributed by atoms with Gasteiger partial charge in [0, 0.05) is 5.69 Å². The van der Waals surface area contributed by atoms with Crippen LogP contribution in [0.3, 0.4) is 0 Å². The molecule has 2 amide bonds. The minimum atomic E-state index is -0.807. The van der Waals surface area contributed by atoms with Gasteiger partial charge in [0.05, 0.1) is 6.21 Å². The Morgan fingerprint density at radius 1 is 1.00 bits per heavy atom. The van der Waals surface area contributed by atoms with Crippen LogP contribution in [0.4, 0.5) is 5.69 Å². The number of nitrogens with one attached hydrogen (secondary N) is 2. The Morgan fingerprint density at radius 2 is 1.68 bits per heavy atom. The van der Waals surface area contributed by atoms with Crippen molar-refractivity contribution in [1.82, 2.24) is 5.43 Å². The molecule has 0 radical (unpaired) electrons. The van der Waals surface area contributed by atoms with Crippen molar-refractivity contribution in [2.75, 3.05) is 5.32 Å². The van der Waals surface area contributed by atoms with E-state index in [0.717, 1.165) is 30.4 Å². The van der Waals surface area contributed by atoms with Crippen molar-refractivity contribution >= 4 is 23.7 Å². The van der Waals surface area contributed by atoms with Gasteiger partial charge in [-0.25, -0.2) is 5.43 Å². The molecule has 0 aliphatic carbocycles. The van der Waals surface area contributed by atoms with Gasteiger partial charge in [0.1, 0.15) is 0 Å². The second kappa shape index (κ2) is 9.37. The van der Waals surface area contributed by atoms with Crippen molar-refractivity contribution in [1.29, 1.82) is 0 Å². The first kappa shape index (κ1) is 18.4. The highest BCUT2D eigenvalue weighted by molar-refractivity contribution is 6.39. The van der Waals surface area contributed by atoms with Crippen molar-refractivity contribution in [2.45, 2.75) is 33.1 Å². The monoisotopic (exact) mass is 337 g/mol. The zero-order valence-electron chi connectivity index (χ0n) is 14.6. The van der Waals surface area contributed by atoms with Crippen LogP contribution in [0.5, 0.6) is 0 Å². The molecule has 0 fully saturated rings. The zero-order chi connectivity index (χ0) is 18.1. The standard InChI is InChI=1S/C20H23N3O2/c1-3-4-5-16-10-12-18(13-11-16)22-19(24)20(25)23-21-14-17-8-6-15(2)7-9-17/h6-14H,3-5H2,1-2H3,(H,22,24)(H,23,25)/b21-14+. The summed E-state index contributed by atoms with van der Waals surface area (Å²) in [5, 5.41) is 6.35. The predicted molar refractivity (Wildman–Crippen MR) is 101 cm³/mol. The van der Waals surface area contributed by atoms with Crippen LogP contribution in [-0.4, -0.2) is 18.0 Å². The van der Waals surface area contributed by atoms with Crippen molar-refractivity contribution in [3.8, 4) is 0 Å². The van der Waals surface area contributed by atoms with E-state index < -0.39 is 11.8 Å². The zero-order valence-corrected chi connectivity index (χ0v) is 14.6. The lowest BCUT2D eigenvalue weighted by Gasteiger charge is -2.05. The number of hydrogen-bond acceptors (Lipinski definition) is 3. The van der Waals surface area contributed by atoms with Crippen LogP contribution >= 0.6 is 0 Å². The molecule has 2 N–H and O–H groups in total. The number of benzene rings is 2. The summed E-state index contributed by atoms with van der Waals surface area (Å²) >= 11 is 0. The highest BCUT2D eigenvalue weighted by Crippen LogP contribution is 2.11. The van der Waals surface area contributed by atoms with E-state index in [2.05, 4.69) is 22.8 Å². The van der Waals surface area contributed by atoms with Crippen molar-refractivity contribution in [3.05, 3.63) is 65.2 Å². The molecular formula is C20H23N3O2. The summed E-state index contributed by atoms with van der Waals surface area (Å²) in [7, 11) is 0. The molecule has 5 heteroatoms. The number of carbonyl (C=O) groups excluding carboxylic acids is 2. The molecule has 0 saturated carbocycles. The maximum atomic E-state index is 11.9. The minimum Gasteiger partial charge on any atom is -0.318 e. The molecule has 0 aliphatic rings. The second-order valence-corrected chi connectivity index (χ2v) is 5.86. The average Bonchev–Trinajstić information content (AvgIpc) is 2.62. The number of hydrazone groups is 1. The fourth-order valence-electron chi connectivity index (χ4n) is 2.19. The maximum Gasteiger partial charge on any atom is 0.329 e. The van der Waals surface area contributed by atoms with Crippen LogP contribution in [-0.2, 0) is 16.0 Å². The molecule has 25 heavy (non-hydrogen) atoms. The fourth-order valence-corrected chi connectivity index (χ4v) is 2.19. The molecule has 0 spiro atoms. The highest BCUT2D eigenvalue weighted by atomic mass is 16.2. The summed E-state index contributed by atoms with van der Waals surface area (Å²) in [5.41, 5.74) is 6.01. The Morgan fingerprint density at radius 3 is 2.32 bits per heavy atom. The van der Waals surface area contributed by atoms with Crippen LogP contribution in [0.15, 0.2) is 53.6 Å². The molecule has 2 aromatic rings. The number of hydrogen-bond donors (Lipinski definition) is 2. The van der Waals surface area contributed by atoms with Gasteiger partial charge in [-0.05, 0) is 43.0 Å². The van der Waals surface area contributed by atoms with E-state index in [1.165, 1.54) is 11.8 Å².